The number of methoxy groups -OCH3 is 1. The molecule has 1 aliphatic heterocycles. The number of nitrogens with zero attached hydrogens (tertiary/aromatic N) is 1. The van der Waals surface area contributed by atoms with Crippen molar-refractivity contribution in [3.05, 3.63) is 81.9 Å². The van der Waals surface area contributed by atoms with E-state index in [-0.39, 0.29) is 0 Å². The van der Waals surface area contributed by atoms with Crippen LogP contribution in [0, 0.1) is 24.2 Å². The molecule has 0 radical (unpaired) electrons. The van der Waals surface area contributed by atoms with Gasteiger partial charge >= 0.3 is 5.97 Å². The van der Waals surface area contributed by atoms with Crippen LogP contribution in [0.15, 0.2) is 65.2 Å². The van der Waals surface area contributed by atoms with Crippen LogP contribution in [0.3, 0.4) is 0 Å². The maximum atomic E-state index is 12.8. The van der Waals surface area contributed by atoms with Gasteiger partial charge in [-0.05, 0) is 24.5 Å². The average Bonchev–Trinajstić information content (AvgIpc) is 2.74. The molecule has 2 aromatic rings. The van der Waals surface area contributed by atoms with E-state index in [1.807, 2.05) is 61.5 Å². The minimum absolute atomic E-state index is 0.391. The predicted molar refractivity (Wildman–Crippen MR) is 113 cm³/mol. The van der Waals surface area contributed by atoms with Gasteiger partial charge in [0.2, 0.25) is 5.91 Å². The standard InChI is InChI=1S/C23H22N2O3S/c1-15-8-10-17(11-9-15)19-18(14-24)22(25-21(26)20(19)23(27)28-2)29-13-12-16-6-4-3-5-7-16/h3-11,19-20H,12-13H2,1-2H3,(H,25,26). The van der Waals surface area contributed by atoms with Gasteiger partial charge in [0.05, 0.1) is 23.8 Å². The lowest BCUT2D eigenvalue weighted by molar-refractivity contribution is -0.150. The SMILES string of the molecule is COC(=O)C1C(=O)NC(SCCc2ccccc2)=C(C#N)C1c1ccc(C)cc1. The molecule has 0 aromatic heterocycles. The average molecular weight is 407 g/mol. The van der Waals surface area contributed by atoms with Crippen LogP contribution in [-0.4, -0.2) is 24.7 Å². The third kappa shape index (κ3) is 4.69. The van der Waals surface area contributed by atoms with Crippen LogP contribution in [0.2, 0.25) is 0 Å². The van der Waals surface area contributed by atoms with Crippen LogP contribution >= 0.6 is 11.8 Å². The van der Waals surface area contributed by atoms with Crippen LogP contribution < -0.4 is 5.32 Å². The molecule has 1 heterocycles. The summed E-state index contributed by atoms with van der Waals surface area (Å²) in [6.45, 7) is 1.96. The van der Waals surface area contributed by atoms with Gasteiger partial charge in [0.1, 0.15) is 5.92 Å². The van der Waals surface area contributed by atoms with Crippen LogP contribution in [0.4, 0.5) is 0 Å². The maximum Gasteiger partial charge on any atom is 0.319 e. The molecular formula is C23H22N2O3S. The Balaban J connectivity index is 1.93. The van der Waals surface area contributed by atoms with E-state index in [9.17, 15) is 14.9 Å². The monoisotopic (exact) mass is 406 g/mol. The van der Waals surface area contributed by atoms with Crippen molar-refractivity contribution >= 4 is 23.6 Å². The van der Waals surface area contributed by atoms with E-state index in [0.717, 1.165) is 17.5 Å². The molecule has 29 heavy (non-hydrogen) atoms. The molecule has 0 spiro atoms. The van der Waals surface area contributed by atoms with Crippen molar-refractivity contribution < 1.29 is 14.3 Å². The normalized spacial score (nSPS) is 18.7. The number of hydrogen-bond donors (Lipinski definition) is 1. The number of aryl methyl sites for hydroxylation is 2. The van der Waals surface area contributed by atoms with Crippen LogP contribution in [-0.2, 0) is 20.7 Å². The third-order valence-corrected chi connectivity index (χ3v) is 5.92. The van der Waals surface area contributed by atoms with Gasteiger partial charge in [-0.3, -0.25) is 9.59 Å². The van der Waals surface area contributed by atoms with Gasteiger partial charge in [0.25, 0.3) is 0 Å². The van der Waals surface area contributed by atoms with Crippen LogP contribution in [0.5, 0.6) is 0 Å². The van der Waals surface area contributed by atoms with Gasteiger partial charge in [-0.1, -0.05) is 60.2 Å². The first kappa shape index (κ1) is 20.7. The number of benzene rings is 2. The molecule has 2 atom stereocenters. The lowest BCUT2D eigenvalue weighted by Gasteiger charge is -2.31. The highest BCUT2D eigenvalue weighted by atomic mass is 32.2. The molecule has 0 aliphatic carbocycles. The van der Waals surface area contributed by atoms with E-state index >= 15 is 0 Å². The van der Waals surface area contributed by atoms with Crippen LogP contribution in [0.25, 0.3) is 0 Å². The zero-order valence-corrected chi connectivity index (χ0v) is 17.2. The molecule has 0 fully saturated rings. The quantitative estimate of drug-likeness (QED) is 0.584. The molecule has 0 saturated carbocycles. The number of nitrogens with one attached hydrogen (secondary N) is 1. The van der Waals surface area contributed by atoms with E-state index in [2.05, 4.69) is 11.4 Å². The molecule has 0 bridgehead atoms. The zero-order chi connectivity index (χ0) is 20.8. The summed E-state index contributed by atoms with van der Waals surface area (Å²) in [5, 5.41) is 13.2. The highest BCUT2D eigenvalue weighted by Gasteiger charge is 2.44. The summed E-state index contributed by atoms with van der Waals surface area (Å²) < 4.78 is 4.86. The third-order valence-electron chi connectivity index (χ3n) is 4.90. The van der Waals surface area contributed by atoms with E-state index in [0.29, 0.717) is 16.4 Å². The van der Waals surface area contributed by atoms with E-state index in [1.54, 1.807) is 0 Å². The lowest BCUT2D eigenvalue weighted by Crippen LogP contribution is -2.44. The summed E-state index contributed by atoms with van der Waals surface area (Å²) in [4.78, 5) is 25.2. The number of amides is 1. The number of carbonyl (C=O) groups is 2. The first-order chi connectivity index (χ1) is 14.0. The van der Waals surface area contributed by atoms with Crippen molar-refractivity contribution in [2.75, 3.05) is 12.9 Å². The molecule has 2 unspecified atom stereocenters. The van der Waals surface area contributed by atoms with E-state index in [1.165, 1.54) is 24.4 Å². The zero-order valence-electron chi connectivity index (χ0n) is 16.3. The second kappa shape index (κ2) is 9.44. The van der Waals surface area contributed by atoms with Gasteiger partial charge in [0.15, 0.2) is 0 Å². The predicted octanol–water partition coefficient (Wildman–Crippen LogP) is 3.71. The summed E-state index contributed by atoms with van der Waals surface area (Å²) in [6.07, 6.45) is 0.805. The van der Waals surface area contributed by atoms with Crippen LogP contribution in [0.1, 0.15) is 22.6 Å². The summed E-state index contributed by atoms with van der Waals surface area (Å²) in [7, 11) is 1.25. The maximum absolute atomic E-state index is 12.8. The molecular weight excluding hydrogens is 384 g/mol. The summed E-state index contributed by atoms with van der Waals surface area (Å²) >= 11 is 1.42. The Morgan fingerprint density at radius 1 is 1.17 bits per heavy atom. The molecule has 0 saturated heterocycles. The summed E-state index contributed by atoms with van der Waals surface area (Å²) in [6, 6.07) is 19.8. The van der Waals surface area contributed by atoms with Crippen molar-refractivity contribution in [3.63, 3.8) is 0 Å². The van der Waals surface area contributed by atoms with Gasteiger partial charge in [-0.15, -0.1) is 11.8 Å². The number of hydrogen-bond acceptors (Lipinski definition) is 5. The van der Waals surface area contributed by atoms with E-state index < -0.39 is 23.7 Å². The van der Waals surface area contributed by atoms with Gasteiger partial charge in [0, 0.05) is 11.7 Å². The Labute approximate surface area is 174 Å². The summed E-state index contributed by atoms with van der Waals surface area (Å²) in [5.74, 6) is -2.14. The second-order valence-corrected chi connectivity index (χ2v) is 7.92. The summed E-state index contributed by atoms with van der Waals surface area (Å²) in [5.41, 5.74) is 3.38. The van der Waals surface area contributed by atoms with Gasteiger partial charge in [-0.2, -0.15) is 5.26 Å². The highest BCUT2D eigenvalue weighted by Crippen LogP contribution is 2.40. The minimum atomic E-state index is -1.09. The fourth-order valence-corrected chi connectivity index (χ4v) is 4.41. The number of allylic oxidation sites excluding steroid dienone is 1. The number of rotatable bonds is 6. The van der Waals surface area contributed by atoms with Gasteiger partial charge < -0.3 is 10.1 Å². The lowest BCUT2D eigenvalue weighted by atomic mass is 9.78. The highest BCUT2D eigenvalue weighted by molar-refractivity contribution is 8.03. The van der Waals surface area contributed by atoms with Crippen molar-refractivity contribution in [2.24, 2.45) is 5.92 Å². The molecule has 6 heteroatoms. The fraction of sp³-hybridized carbons (Fsp3) is 0.261. The van der Waals surface area contributed by atoms with Crippen molar-refractivity contribution in [1.82, 2.24) is 5.32 Å². The van der Waals surface area contributed by atoms with Gasteiger partial charge in [-0.25, -0.2) is 0 Å². The Bertz CT molecular complexity index is 962. The Morgan fingerprint density at radius 3 is 2.48 bits per heavy atom. The number of thioether (sulfide) groups is 1. The molecule has 2 aromatic carbocycles. The molecule has 5 nitrogen and oxygen atoms in total. The van der Waals surface area contributed by atoms with Crippen molar-refractivity contribution in [1.29, 1.82) is 5.26 Å². The number of nitriles is 1. The molecule has 1 amide bonds. The first-order valence-electron chi connectivity index (χ1n) is 9.31. The Kier molecular flexibility index (Phi) is 6.73. The smallest absolute Gasteiger partial charge is 0.319 e. The Morgan fingerprint density at radius 2 is 1.86 bits per heavy atom. The minimum Gasteiger partial charge on any atom is -0.468 e. The largest absolute Gasteiger partial charge is 0.468 e. The fourth-order valence-electron chi connectivity index (χ4n) is 3.37. The van der Waals surface area contributed by atoms with Crippen molar-refractivity contribution in [2.45, 2.75) is 19.3 Å². The molecule has 1 N–H and O–H groups in total. The molecule has 3 rings (SSSR count). The topological polar surface area (TPSA) is 79.2 Å². The number of esters is 1. The van der Waals surface area contributed by atoms with E-state index in [4.69, 9.17) is 4.74 Å². The molecule has 1 aliphatic rings. The second-order valence-electron chi connectivity index (χ2n) is 6.82. The van der Waals surface area contributed by atoms with Crippen molar-refractivity contribution in [3.8, 4) is 6.07 Å². The first-order valence-corrected chi connectivity index (χ1v) is 10.3. The number of ether oxygens (including phenoxy) is 1. The Hall–Kier alpha value is -3.04. The number of carbonyl (C=O) groups excluding carboxylic acids is 2. The molecule has 148 valence electrons.